The van der Waals surface area contributed by atoms with Gasteiger partial charge in [-0.3, -0.25) is 9.78 Å². The molecule has 0 atom stereocenters. The number of rotatable bonds is 6. The lowest BCUT2D eigenvalue weighted by atomic mass is 10.1. The van der Waals surface area contributed by atoms with E-state index < -0.39 is 0 Å². The second-order valence-corrected chi connectivity index (χ2v) is 6.27. The van der Waals surface area contributed by atoms with Gasteiger partial charge in [-0.15, -0.1) is 0 Å². The molecule has 1 N–H and O–H groups in total. The topological polar surface area (TPSA) is 55.0 Å². The summed E-state index contributed by atoms with van der Waals surface area (Å²) in [4.78, 5) is 19.6. The molecule has 2 aromatic carbocycles. The molecule has 0 bridgehead atoms. The highest BCUT2D eigenvalue weighted by Crippen LogP contribution is 2.21. The molecule has 4 aromatic rings. The van der Waals surface area contributed by atoms with Gasteiger partial charge in [0.15, 0.2) is 5.78 Å². The Morgan fingerprint density at radius 2 is 1.96 bits per heavy atom. The number of fused-ring (bicyclic) bond motifs is 1. The minimum atomic E-state index is -0.339. The molecule has 0 saturated carbocycles. The van der Waals surface area contributed by atoms with E-state index in [1.54, 1.807) is 24.5 Å². The van der Waals surface area contributed by atoms with Crippen molar-refractivity contribution in [1.82, 2.24) is 9.97 Å². The van der Waals surface area contributed by atoms with Gasteiger partial charge < -0.3 is 9.72 Å². The van der Waals surface area contributed by atoms with Crippen molar-refractivity contribution in [3.8, 4) is 5.75 Å². The number of ketones is 1. The molecule has 28 heavy (non-hydrogen) atoms. The molecule has 138 valence electrons. The number of ether oxygens (including phenoxy) is 1. The van der Waals surface area contributed by atoms with Crippen LogP contribution in [0.2, 0.25) is 0 Å². The van der Waals surface area contributed by atoms with Crippen LogP contribution in [0.5, 0.6) is 5.75 Å². The van der Waals surface area contributed by atoms with E-state index in [1.165, 1.54) is 18.2 Å². The third-order valence-corrected chi connectivity index (χ3v) is 4.33. The van der Waals surface area contributed by atoms with Gasteiger partial charge in [0.1, 0.15) is 18.2 Å². The van der Waals surface area contributed by atoms with Gasteiger partial charge in [0.2, 0.25) is 0 Å². The minimum Gasteiger partial charge on any atom is -0.487 e. The van der Waals surface area contributed by atoms with Gasteiger partial charge in [-0.1, -0.05) is 24.3 Å². The van der Waals surface area contributed by atoms with Crippen molar-refractivity contribution in [2.24, 2.45) is 0 Å². The van der Waals surface area contributed by atoms with E-state index in [9.17, 15) is 9.18 Å². The quantitative estimate of drug-likeness (QED) is 0.375. The average molecular weight is 372 g/mol. The summed E-state index contributed by atoms with van der Waals surface area (Å²) in [6.45, 7) is 0.398. The van der Waals surface area contributed by atoms with Crippen LogP contribution in [0, 0.1) is 5.82 Å². The molecule has 2 aromatic heterocycles. The molecule has 0 aliphatic rings. The zero-order valence-corrected chi connectivity index (χ0v) is 14.9. The van der Waals surface area contributed by atoms with E-state index in [0.29, 0.717) is 23.1 Å². The van der Waals surface area contributed by atoms with Crippen molar-refractivity contribution in [3.05, 3.63) is 102 Å². The first-order valence-electron chi connectivity index (χ1n) is 8.81. The molecule has 0 radical (unpaired) electrons. The van der Waals surface area contributed by atoms with Crippen LogP contribution in [0.4, 0.5) is 4.39 Å². The maximum atomic E-state index is 13.3. The van der Waals surface area contributed by atoms with E-state index in [-0.39, 0.29) is 11.6 Å². The highest BCUT2D eigenvalue weighted by Gasteiger charge is 2.10. The molecule has 0 aliphatic heterocycles. The molecule has 4 nitrogen and oxygen atoms in total. The molecule has 0 fully saturated rings. The van der Waals surface area contributed by atoms with Crippen molar-refractivity contribution in [2.45, 2.75) is 6.61 Å². The normalized spacial score (nSPS) is 11.2. The number of hydrogen-bond donors (Lipinski definition) is 1. The van der Waals surface area contributed by atoms with E-state index in [0.717, 1.165) is 17.0 Å². The highest BCUT2D eigenvalue weighted by atomic mass is 19.1. The van der Waals surface area contributed by atoms with Crippen molar-refractivity contribution < 1.29 is 13.9 Å². The Bertz CT molecular complexity index is 1130. The van der Waals surface area contributed by atoms with E-state index in [1.807, 2.05) is 42.5 Å². The van der Waals surface area contributed by atoms with Crippen LogP contribution >= 0.6 is 0 Å². The van der Waals surface area contributed by atoms with Crippen LogP contribution in [-0.4, -0.2) is 15.8 Å². The fourth-order valence-electron chi connectivity index (χ4n) is 2.88. The number of aromatic amines is 1. The van der Waals surface area contributed by atoms with Crippen LogP contribution in [0.25, 0.3) is 17.0 Å². The summed E-state index contributed by atoms with van der Waals surface area (Å²) in [5.41, 5.74) is 2.85. The molecule has 5 heteroatoms. The van der Waals surface area contributed by atoms with Gasteiger partial charge in [0.05, 0.1) is 5.69 Å². The number of carbonyl (C=O) groups is 1. The maximum absolute atomic E-state index is 13.3. The van der Waals surface area contributed by atoms with Crippen LogP contribution in [0.1, 0.15) is 21.6 Å². The largest absolute Gasteiger partial charge is 0.487 e. The lowest BCUT2D eigenvalue weighted by molar-refractivity contribution is 0.104. The summed E-state index contributed by atoms with van der Waals surface area (Å²) in [6, 6.07) is 17.5. The Hall–Kier alpha value is -3.73. The SMILES string of the molecule is O=C(/C=C/c1ccc(OCc2ccccn2)cc1)c1c[nH]c2cc(F)ccc12. The first-order chi connectivity index (χ1) is 13.7. The number of carbonyl (C=O) groups excluding carboxylic acids is 1. The van der Waals surface area contributed by atoms with Gasteiger partial charge in [-0.05, 0) is 54.1 Å². The van der Waals surface area contributed by atoms with Crippen molar-refractivity contribution in [1.29, 1.82) is 0 Å². The predicted octanol–water partition coefficient (Wildman–Crippen LogP) is 5.18. The predicted molar refractivity (Wildman–Crippen MR) is 107 cm³/mol. The fourth-order valence-corrected chi connectivity index (χ4v) is 2.88. The lowest BCUT2D eigenvalue weighted by Gasteiger charge is -2.05. The van der Waals surface area contributed by atoms with Crippen LogP contribution in [0.3, 0.4) is 0 Å². The van der Waals surface area contributed by atoms with Gasteiger partial charge in [-0.25, -0.2) is 4.39 Å². The van der Waals surface area contributed by atoms with Gasteiger partial charge >= 0.3 is 0 Å². The molecule has 2 heterocycles. The Morgan fingerprint density at radius 3 is 2.75 bits per heavy atom. The third kappa shape index (κ3) is 3.99. The number of pyridine rings is 1. The second-order valence-electron chi connectivity index (χ2n) is 6.27. The van der Waals surface area contributed by atoms with Crippen LogP contribution in [0.15, 0.2) is 79.1 Å². The van der Waals surface area contributed by atoms with Crippen molar-refractivity contribution in [2.75, 3.05) is 0 Å². The molecule has 0 unspecified atom stereocenters. The van der Waals surface area contributed by atoms with Crippen molar-refractivity contribution in [3.63, 3.8) is 0 Å². The summed E-state index contributed by atoms with van der Waals surface area (Å²) in [6.07, 6.45) is 6.59. The van der Waals surface area contributed by atoms with E-state index in [4.69, 9.17) is 4.74 Å². The third-order valence-electron chi connectivity index (χ3n) is 4.33. The Labute approximate surface area is 161 Å². The first-order valence-corrected chi connectivity index (χ1v) is 8.81. The number of halogens is 1. The van der Waals surface area contributed by atoms with Gasteiger partial charge in [0, 0.05) is 28.9 Å². The summed E-state index contributed by atoms with van der Waals surface area (Å²) in [5.74, 6) is 0.246. The molecular formula is C23H17FN2O2. The monoisotopic (exact) mass is 372 g/mol. The summed E-state index contributed by atoms with van der Waals surface area (Å²) < 4.78 is 19.0. The number of aromatic nitrogens is 2. The molecule has 4 rings (SSSR count). The van der Waals surface area contributed by atoms with Crippen molar-refractivity contribution >= 4 is 22.8 Å². The Kier molecular flexibility index (Phi) is 4.97. The zero-order valence-electron chi connectivity index (χ0n) is 14.9. The van der Waals surface area contributed by atoms with E-state index in [2.05, 4.69) is 9.97 Å². The van der Waals surface area contributed by atoms with Crippen LogP contribution in [-0.2, 0) is 6.61 Å². The van der Waals surface area contributed by atoms with Gasteiger partial charge in [-0.2, -0.15) is 0 Å². The van der Waals surface area contributed by atoms with Crippen LogP contribution < -0.4 is 4.74 Å². The number of H-pyrrole nitrogens is 1. The van der Waals surface area contributed by atoms with Gasteiger partial charge in [0.25, 0.3) is 0 Å². The summed E-state index contributed by atoms with van der Waals surface area (Å²) in [7, 11) is 0. The lowest BCUT2D eigenvalue weighted by Crippen LogP contribution is -1.97. The zero-order chi connectivity index (χ0) is 19.3. The fraction of sp³-hybridized carbons (Fsp3) is 0.0435. The number of nitrogens with one attached hydrogen (secondary N) is 1. The summed E-state index contributed by atoms with van der Waals surface area (Å²) in [5, 5.41) is 0.703. The highest BCUT2D eigenvalue weighted by molar-refractivity contribution is 6.14. The standard InChI is InChI=1S/C23H17FN2O2/c24-17-7-10-20-21(14-26-22(20)13-17)23(27)11-6-16-4-8-19(9-5-16)28-15-18-3-1-2-12-25-18/h1-14,26H,15H2/b11-6+. The second kappa shape index (κ2) is 7.88. The van der Waals surface area contributed by atoms with E-state index >= 15 is 0 Å². The molecule has 0 spiro atoms. The molecule has 0 amide bonds. The first kappa shape index (κ1) is 17.7. The number of benzene rings is 2. The number of nitrogens with zero attached hydrogens (tertiary/aromatic N) is 1. The molecular weight excluding hydrogens is 355 g/mol. The molecule has 0 aliphatic carbocycles. The number of hydrogen-bond acceptors (Lipinski definition) is 3. The minimum absolute atomic E-state index is 0.145. The molecule has 0 saturated heterocycles. The Morgan fingerprint density at radius 1 is 1.11 bits per heavy atom. The smallest absolute Gasteiger partial charge is 0.187 e. The summed E-state index contributed by atoms with van der Waals surface area (Å²) >= 11 is 0. The maximum Gasteiger partial charge on any atom is 0.187 e. The Balaban J connectivity index is 1.42. The average Bonchev–Trinajstić information content (AvgIpc) is 3.15. The number of allylic oxidation sites excluding steroid dienone is 1.